The molecule has 0 spiro atoms. The number of carbonyl (C=O) groups is 1. The van der Waals surface area contributed by atoms with E-state index >= 15 is 0 Å². The van der Waals surface area contributed by atoms with Gasteiger partial charge in [0, 0.05) is 12.1 Å². The predicted molar refractivity (Wildman–Crippen MR) is 78.6 cm³/mol. The van der Waals surface area contributed by atoms with Gasteiger partial charge < -0.3 is 5.11 Å². The molecular formula is C16H25NO2. The molecule has 0 aliphatic carbocycles. The smallest absolute Gasteiger partial charge is 0.179 e. The Bertz CT molecular complexity index is 440. The summed E-state index contributed by atoms with van der Waals surface area (Å²) in [6, 6.07) is 5.67. The van der Waals surface area contributed by atoms with Crippen LogP contribution in [0.25, 0.3) is 0 Å². The van der Waals surface area contributed by atoms with Crippen molar-refractivity contribution in [3.63, 3.8) is 0 Å². The van der Waals surface area contributed by atoms with Crippen molar-refractivity contribution in [1.29, 1.82) is 0 Å². The normalized spacial score (nSPS) is 14.5. The molecule has 19 heavy (non-hydrogen) atoms. The van der Waals surface area contributed by atoms with Crippen LogP contribution in [0.3, 0.4) is 0 Å². The van der Waals surface area contributed by atoms with Crippen molar-refractivity contribution in [2.75, 3.05) is 13.6 Å². The maximum absolute atomic E-state index is 12.4. The van der Waals surface area contributed by atoms with Crippen molar-refractivity contribution < 1.29 is 9.90 Å². The first-order chi connectivity index (χ1) is 8.82. The molecule has 3 heteroatoms. The number of aliphatic hydroxyl groups excluding tert-OH is 1. The zero-order chi connectivity index (χ0) is 14.6. The molecule has 0 aliphatic heterocycles. The highest BCUT2D eigenvalue weighted by molar-refractivity contribution is 6.00. The van der Waals surface area contributed by atoms with Crippen molar-refractivity contribution >= 4 is 5.78 Å². The van der Waals surface area contributed by atoms with Crippen molar-refractivity contribution in [2.24, 2.45) is 0 Å². The van der Waals surface area contributed by atoms with E-state index in [1.54, 1.807) is 6.92 Å². The van der Waals surface area contributed by atoms with Gasteiger partial charge in [-0.15, -0.1) is 0 Å². The monoisotopic (exact) mass is 263 g/mol. The first-order valence-electron chi connectivity index (χ1n) is 6.82. The highest BCUT2D eigenvalue weighted by Crippen LogP contribution is 2.13. The Labute approximate surface area is 116 Å². The van der Waals surface area contributed by atoms with Gasteiger partial charge in [0.25, 0.3) is 0 Å². The zero-order valence-electron chi connectivity index (χ0n) is 12.6. The Hall–Kier alpha value is -1.19. The third-order valence-corrected chi connectivity index (χ3v) is 3.73. The SMILES string of the molecule is Cc1ccc(C(=O)C(C)N(C)CCC(C)O)cc1C. The Balaban J connectivity index is 2.72. The van der Waals surface area contributed by atoms with E-state index in [-0.39, 0.29) is 17.9 Å². The molecule has 0 saturated carbocycles. The van der Waals surface area contributed by atoms with E-state index in [1.807, 2.05) is 50.9 Å². The number of nitrogens with zero attached hydrogens (tertiary/aromatic N) is 1. The number of hydrogen-bond acceptors (Lipinski definition) is 3. The molecule has 1 rings (SSSR count). The molecule has 2 atom stereocenters. The van der Waals surface area contributed by atoms with Crippen LogP contribution in [-0.2, 0) is 0 Å². The fourth-order valence-corrected chi connectivity index (χ4v) is 1.92. The lowest BCUT2D eigenvalue weighted by molar-refractivity contribution is 0.0844. The minimum Gasteiger partial charge on any atom is -0.393 e. The maximum atomic E-state index is 12.4. The molecule has 1 aromatic rings. The summed E-state index contributed by atoms with van der Waals surface area (Å²) < 4.78 is 0. The Kier molecular flexibility index (Phi) is 5.70. The van der Waals surface area contributed by atoms with Crippen LogP contribution in [0.4, 0.5) is 0 Å². The highest BCUT2D eigenvalue weighted by Gasteiger charge is 2.19. The summed E-state index contributed by atoms with van der Waals surface area (Å²) in [6.45, 7) is 8.47. The van der Waals surface area contributed by atoms with Gasteiger partial charge in [0.05, 0.1) is 12.1 Å². The molecule has 0 aliphatic rings. The molecule has 0 bridgehead atoms. The number of benzene rings is 1. The van der Waals surface area contributed by atoms with Crippen LogP contribution in [0.1, 0.15) is 41.8 Å². The van der Waals surface area contributed by atoms with Crippen LogP contribution >= 0.6 is 0 Å². The van der Waals surface area contributed by atoms with E-state index in [2.05, 4.69) is 0 Å². The van der Waals surface area contributed by atoms with Gasteiger partial charge in [-0.1, -0.05) is 12.1 Å². The first-order valence-corrected chi connectivity index (χ1v) is 6.82. The van der Waals surface area contributed by atoms with Crippen LogP contribution in [0.15, 0.2) is 18.2 Å². The second-order valence-electron chi connectivity index (χ2n) is 5.46. The molecule has 0 aromatic heterocycles. The summed E-state index contributed by atoms with van der Waals surface area (Å²) in [6.07, 6.45) is 0.354. The Morgan fingerprint density at radius 2 is 1.89 bits per heavy atom. The molecule has 1 aromatic carbocycles. The van der Waals surface area contributed by atoms with E-state index < -0.39 is 0 Å². The van der Waals surface area contributed by atoms with Crippen LogP contribution < -0.4 is 0 Å². The van der Waals surface area contributed by atoms with E-state index in [0.717, 1.165) is 17.7 Å². The van der Waals surface area contributed by atoms with Crippen LogP contribution in [0, 0.1) is 13.8 Å². The van der Waals surface area contributed by atoms with Crippen molar-refractivity contribution in [1.82, 2.24) is 4.90 Å². The number of Topliss-reactive ketones (excluding diaryl/α,β-unsaturated/α-hetero) is 1. The molecule has 0 saturated heterocycles. The maximum Gasteiger partial charge on any atom is 0.179 e. The third-order valence-electron chi connectivity index (χ3n) is 3.73. The molecule has 0 heterocycles. The largest absolute Gasteiger partial charge is 0.393 e. The lowest BCUT2D eigenvalue weighted by Crippen LogP contribution is -2.37. The van der Waals surface area contributed by atoms with Gasteiger partial charge in [0.15, 0.2) is 5.78 Å². The van der Waals surface area contributed by atoms with Gasteiger partial charge in [-0.25, -0.2) is 0 Å². The molecule has 1 N–H and O–H groups in total. The first kappa shape index (κ1) is 15.9. The minimum absolute atomic E-state index is 0.135. The fraction of sp³-hybridized carbons (Fsp3) is 0.562. The zero-order valence-corrected chi connectivity index (χ0v) is 12.6. The number of rotatable bonds is 6. The van der Waals surface area contributed by atoms with Crippen LogP contribution in [-0.4, -0.2) is 41.5 Å². The minimum atomic E-state index is -0.327. The topological polar surface area (TPSA) is 40.5 Å². The van der Waals surface area contributed by atoms with Crippen molar-refractivity contribution in [3.05, 3.63) is 34.9 Å². The second kappa shape index (κ2) is 6.83. The summed E-state index contributed by atoms with van der Waals surface area (Å²) in [5.74, 6) is 0.135. The molecule has 2 unspecified atom stereocenters. The van der Waals surface area contributed by atoms with Crippen LogP contribution in [0.5, 0.6) is 0 Å². The van der Waals surface area contributed by atoms with Gasteiger partial charge in [0.2, 0.25) is 0 Å². The molecular weight excluding hydrogens is 238 g/mol. The predicted octanol–water partition coefficient (Wildman–Crippen LogP) is 2.58. The molecule has 0 fully saturated rings. The van der Waals surface area contributed by atoms with Gasteiger partial charge in [-0.3, -0.25) is 9.69 Å². The standard InChI is InChI=1S/C16H25NO2/c1-11-6-7-15(10-12(11)2)16(19)14(4)17(5)9-8-13(3)18/h6-7,10,13-14,18H,8-9H2,1-5H3. The summed E-state index contributed by atoms with van der Waals surface area (Å²) in [5, 5.41) is 9.29. The Morgan fingerprint density at radius 3 is 2.42 bits per heavy atom. The highest BCUT2D eigenvalue weighted by atomic mass is 16.3. The molecule has 0 radical (unpaired) electrons. The van der Waals surface area contributed by atoms with Crippen molar-refractivity contribution in [2.45, 2.75) is 46.3 Å². The van der Waals surface area contributed by atoms with Gasteiger partial charge in [-0.2, -0.15) is 0 Å². The van der Waals surface area contributed by atoms with Gasteiger partial charge >= 0.3 is 0 Å². The van der Waals surface area contributed by atoms with Gasteiger partial charge in [0.1, 0.15) is 0 Å². The number of aliphatic hydroxyl groups is 1. The number of ketones is 1. The fourth-order valence-electron chi connectivity index (χ4n) is 1.92. The summed E-state index contributed by atoms with van der Waals surface area (Å²) in [5.41, 5.74) is 3.11. The average molecular weight is 263 g/mol. The lowest BCUT2D eigenvalue weighted by Gasteiger charge is -2.24. The quantitative estimate of drug-likeness (QED) is 0.802. The third kappa shape index (κ3) is 4.44. The van der Waals surface area contributed by atoms with Gasteiger partial charge in [-0.05, 0) is 58.4 Å². The number of carbonyl (C=O) groups excluding carboxylic acids is 1. The van der Waals surface area contributed by atoms with E-state index in [1.165, 1.54) is 5.56 Å². The van der Waals surface area contributed by atoms with Crippen LogP contribution in [0.2, 0.25) is 0 Å². The van der Waals surface area contributed by atoms with E-state index in [0.29, 0.717) is 6.42 Å². The number of likely N-dealkylation sites (N-methyl/N-ethyl adjacent to an activating group) is 1. The average Bonchev–Trinajstić information content (AvgIpc) is 2.37. The summed E-state index contributed by atoms with van der Waals surface area (Å²) in [4.78, 5) is 14.4. The lowest BCUT2D eigenvalue weighted by atomic mass is 9.99. The van der Waals surface area contributed by atoms with Crippen molar-refractivity contribution in [3.8, 4) is 0 Å². The molecule has 3 nitrogen and oxygen atoms in total. The number of hydrogen-bond donors (Lipinski definition) is 1. The second-order valence-corrected chi connectivity index (χ2v) is 5.46. The van der Waals surface area contributed by atoms with E-state index in [4.69, 9.17) is 0 Å². The van der Waals surface area contributed by atoms with E-state index in [9.17, 15) is 9.90 Å². The molecule has 0 amide bonds. The summed E-state index contributed by atoms with van der Waals surface area (Å²) >= 11 is 0. The summed E-state index contributed by atoms with van der Waals surface area (Å²) in [7, 11) is 1.92. The molecule has 106 valence electrons. The number of aryl methyl sites for hydroxylation is 2. The Morgan fingerprint density at radius 1 is 1.26 bits per heavy atom.